The molecule has 0 aliphatic rings. The molecule has 0 saturated heterocycles. The first kappa shape index (κ1) is 11.0. The van der Waals surface area contributed by atoms with Crippen LogP contribution in [0.3, 0.4) is 0 Å². The van der Waals surface area contributed by atoms with E-state index in [1.54, 1.807) is 12.1 Å². The van der Waals surface area contributed by atoms with Crippen LogP contribution in [-0.2, 0) is 13.5 Å². The molecule has 1 radical (unpaired) electrons. The smallest absolute Gasteiger partial charge is 0.123 e. The topological polar surface area (TPSA) is 4.93 Å². The van der Waals surface area contributed by atoms with Crippen LogP contribution in [0.5, 0.6) is 0 Å². The van der Waals surface area contributed by atoms with Crippen LogP contribution >= 0.6 is 0 Å². The van der Waals surface area contributed by atoms with E-state index in [2.05, 4.69) is 22.9 Å². The highest BCUT2D eigenvalue weighted by atomic mass is 19.1. The average molecular weight is 238 g/mol. The largest absolute Gasteiger partial charge is 0.350 e. The molecular formula is C16H13FN. The lowest BCUT2D eigenvalue weighted by molar-refractivity contribution is 0.626. The van der Waals surface area contributed by atoms with Crippen LogP contribution in [0, 0.1) is 11.9 Å². The zero-order valence-corrected chi connectivity index (χ0v) is 10.2. The zero-order valence-electron chi connectivity index (χ0n) is 10.2. The van der Waals surface area contributed by atoms with Crippen LogP contribution in [0.15, 0.2) is 48.7 Å². The van der Waals surface area contributed by atoms with E-state index in [-0.39, 0.29) is 5.82 Å². The summed E-state index contributed by atoms with van der Waals surface area (Å²) in [6.07, 6.45) is 2.85. The Morgan fingerprint density at radius 2 is 2.17 bits per heavy atom. The second kappa shape index (κ2) is 4.30. The molecule has 0 bridgehead atoms. The molecule has 0 atom stereocenters. The third-order valence-corrected chi connectivity index (χ3v) is 3.20. The second-order valence-electron chi connectivity index (χ2n) is 4.52. The first-order valence-corrected chi connectivity index (χ1v) is 5.92. The predicted octanol–water partition coefficient (Wildman–Crippen LogP) is 3.71. The quantitative estimate of drug-likeness (QED) is 0.641. The van der Waals surface area contributed by atoms with Crippen molar-refractivity contribution in [3.8, 4) is 0 Å². The first-order chi connectivity index (χ1) is 8.74. The van der Waals surface area contributed by atoms with Crippen LogP contribution in [0.1, 0.15) is 11.1 Å². The van der Waals surface area contributed by atoms with Crippen molar-refractivity contribution in [3.05, 3.63) is 71.7 Å². The molecule has 1 aromatic heterocycles. The Bertz CT molecular complexity index is 697. The van der Waals surface area contributed by atoms with Crippen LogP contribution < -0.4 is 0 Å². The van der Waals surface area contributed by atoms with Gasteiger partial charge in [-0.15, -0.1) is 0 Å². The van der Waals surface area contributed by atoms with Gasteiger partial charge >= 0.3 is 0 Å². The molecule has 0 aliphatic carbocycles. The van der Waals surface area contributed by atoms with Crippen LogP contribution in [0.2, 0.25) is 0 Å². The van der Waals surface area contributed by atoms with Gasteiger partial charge in [0.1, 0.15) is 5.82 Å². The van der Waals surface area contributed by atoms with Gasteiger partial charge in [-0.25, -0.2) is 4.39 Å². The van der Waals surface area contributed by atoms with Crippen LogP contribution in [-0.4, -0.2) is 4.57 Å². The van der Waals surface area contributed by atoms with E-state index >= 15 is 0 Å². The molecule has 3 rings (SSSR count). The molecule has 0 saturated carbocycles. The van der Waals surface area contributed by atoms with Crippen LogP contribution in [0.25, 0.3) is 10.9 Å². The second-order valence-corrected chi connectivity index (χ2v) is 4.52. The van der Waals surface area contributed by atoms with Gasteiger partial charge in [-0.1, -0.05) is 24.3 Å². The number of rotatable bonds is 2. The summed E-state index contributed by atoms with van der Waals surface area (Å²) < 4.78 is 15.3. The Hall–Kier alpha value is -2.09. The fourth-order valence-corrected chi connectivity index (χ4v) is 2.37. The van der Waals surface area contributed by atoms with E-state index in [0.29, 0.717) is 0 Å². The Labute approximate surface area is 105 Å². The van der Waals surface area contributed by atoms with Crippen molar-refractivity contribution in [3.63, 3.8) is 0 Å². The first-order valence-electron chi connectivity index (χ1n) is 5.92. The Balaban J connectivity index is 2.05. The molecule has 2 heteroatoms. The monoisotopic (exact) mass is 238 g/mol. The molecule has 2 aromatic carbocycles. The standard InChI is InChI=1S/C16H13FN/c1-18-11-13(15-7-2-3-8-16(15)18)9-12-5-4-6-14(17)10-12/h2,4-8,10-11H,9H2,1H3. The molecule has 0 unspecified atom stereocenters. The molecule has 1 nitrogen and oxygen atoms in total. The molecule has 18 heavy (non-hydrogen) atoms. The summed E-state index contributed by atoms with van der Waals surface area (Å²) in [5.41, 5.74) is 3.37. The van der Waals surface area contributed by atoms with Crippen molar-refractivity contribution in [2.45, 2.75) is 6.42 Å². The summed E-state index contributed by atoms with van der Waals surface area (Å²) in [7, 11) is 2.02. The fraction of sp³-hybridized carbons (Fsp3) is 0.125. The normalized spacial score (nSPS) is 11.0. The maximum Gasteiger partial charge on any atom is 0.123 e. The lowest BCUT2D eigenvalue weighted by atomic mass is 10.0. The highest BCUT2D eigenvalue weighted by molar-refractivity contribution is 5.84. The van der Waals surface area contributed by atoms with Gasteiger partial charge < -0.3 is 4.57 Å². The van der Waals surface area contributed by atoms with E-state index in [4.69, 9.17) is 0 Å². The minimum atomic E-state index is -0.180. The summed E-state index contributed by atoms with van der Waals surface area (Å²) in [6, 6.07) is 15.8. The SMILES string of the molecule is Cn1cc(Cc2cccc(F)c2)c2cc[c]cc21. The van der Waals surface area contributed by atoms with E-state index in [9.17, 15) is 4.39 Å². The molecular weight excluding hydrogens is 225 g/mol. The van der Waals surface area contributed by atoms with Gasteiger partial charge in [0.25, 0.3) is 0 Å². The van der Waals surface area contributed by atoms with Gasteiger partial charge in [0.15, 0.2) is 0 Å². The lowest BCUT2D eigenvalue weighted by Crippen LogP contribution is -1.88. The molecule has 89 valence electrons. The van der Waals surface area contributed by atoms with Crippen molar-refractivity contribution in [2.75, 3.05) is 0 Å². The number of hydrogen-bond donors (Lipinski definition) is 0. The van der Waals surface area contributed by atoms with Crippen molar-refractivity contribution >= 4 is 10.9 Å². The lowest BCUT2D eigenvalue weighted by Gasteiger charge is -2.00. The predicted molar refractivity (Wildman–Crippen MR) is 71.0 cm³/mol. The summed E-state index contributed by atoms with van der Waals surface area (Å²) in [6.45, 7) is 0. The Kier molecular flexibility index (Phi) is 2.63. The number of halogens is 1. The molecule has 3 aromatic rings. The van der Waals surface area contributed by atoms with Crippen molar-refractivity contribution in [1.29, 1.82) is 0 Å². The van der Waals surface area contributed by atoms with E-state index in [0.717, 1.165) is 17.5 Å². The van der Waals surface area contributed by atoms with Crippen molar-refractivity contribution in [2.24, 2.45) is 7.05 Å². The van der Waals surface area contributed by atoms with E-state index in [1.165, 1.54) is 17.0 Å². The molecule has 0 N–H and O–H groups in total. The van der Waals surface area contributed by atoms with E-state index < -0.39 is 0 Å². The highest BCUT2D eigenvalue weighted by Gasteiger charge is 2.06. The zero-order chi connectivity index (χ0) is 12.5. The summed E-state index contributed by atoms with van der Waals surface area (Å²) in [4.78, 5) is 0. The molecule has 0 spiro atoms. The Morgan fingerprint density at radius 3 is 3.00 bits per heavy atom. The fourth-order valence-electron chi connectivity index (χ4n) is 2.37. The number of aryl methyl sites for hydroxylation is 1. The van der Waals surface area contributed by atoms with Gasteiger partial charge in [-0.3, -0.25) is 0 Å². The maximum atomic E-state index is 13.2. The Morgan fingerprint density at radius 1 is 1.28 bits per heavy atom. The van der Waals surface area contributed by atoms with E-state index in [1.807, 2.05) is 25.2 Å². The number of fused-ring (bicyclic) bond motifs is 1. The average Bonchev–Trinajstić information content (AvgIpc) is 2.67. The number of aromatic nitrogens is 1. The van der Waals surface area contributed by atoms with Gasteiger partial charge in [-0.2, -0.15) is 0 Å². The third-order valence-electron chi connectivity index (χ3n) is 3.20. The van der Waals surface area contributed by atoms with Gasteiger partial charge in [0.05, 0.1) is 0 Å². The molecule has 1 heterocycles. The van der Waals surface area contributed by atoms with Crippen LogP contribution in [0.4, 0.5) is 4.39 Å². The van der Waals surface area contributed by atoms with Gasteiger partial charge in [0.2, 0.25) is 0 Å². The number of nitrogens with zero attached hydrogens (tertiary/aromatic N) is 1. The summed E-state index contributed by atoms with van der Waals surface area (Å²) in [5.74, 6) is -0.180. The highest BCUT2D eigenvalue weighted by Crippen LogP contribution is 2.22. The minimum Gasteiger partial charge on any atom is -0.350 e. The summed E-state index contributed by atoms with van der Waals surface area (Å²) >= 11 is 0. The molecule has 0 fully saturated rings. The number of benzene rings is 2. The van der Waals surface area contributed by atoms with Crippen molar-refractivity contribution in [1.82, 2.24) is 4.57 Å². The van der Waals surface area contributed by atoms with Gasteiger partial charge in [-0.05, 0) is 41.8 Å². The minimum absolute atomic E-state index is 0.180. The molecule has 0 amide bonds. The molecule has 0 aliphatic heterocycles. The number of hydrogen-bond acceptors (Lipinski definition) is 0. The third kappa shape index (κ3) is 1.90. The maximum absolute atomic E-state index is 13.2. The van der Waals surface area contributed by atoms with Crippen molar-refractivity contribution < 1.29 is 4.39 Å². The van der Waals surface area contributed by atoms with Gasteiger partial charge in [0, 0.05) is 24.1 Å². The summed E-state index contributed by atoms with van der Waals surface area (Å²) in [5, 5.41) is 1.21.